The van der Waals surface area contributed by atoms with Crippen molar-refractivity contribution in [2.45, 2.75) is 6.61 Å². The van der Waals surface area contributed by atoms with E-state index in [1.54, 1.807) is 29.5 Å². The molecular weight excluding hydrogens is 280 g/mol. The van der Waals surface area contributed by atoms with Crippen LogP contribution in [0.15, 0.2) is 47.8 Å². The fourth-order valence-electron chi connectivity index (χ4n) is 1.92. The second kappa shape index (κ2) is 5.11. The van der Waals surface area contributed by atoms with Crippen LogP contribution in [0.3, 0.4) is 0 Å². The van der Waals surface area contributed by atoms with Gasteiger partial charge in [0.15, 0.2) is 0 Å². The second-order valence-electron chi connectivity index (χ2n) is 4.16. The predicted octanol–water partition coefficient (Wildman–Crippen LogP) is 4.84. The van der Waals surface area contributed by atoms with Crippen molar-refractivity contribution in [3.8, 4) is 11.5 Å². The molecule has 0 spiro atoms. The van der Waals surface area contributed by atoms with Crippen LogP contribution < -0.4 is 4.74 Å². The summed E-state index contributed by atoms with van der Waals surface area (Å²) in [5.41, 5.74) is 1.10. The van der Waals surface area contributed by atoms with Crippen molar-refractivity contribution in [1.29, 1.82) is 0 Å². The van der Waals surface area contributed by atoms with Crippen LogP contribution in [0.25, 0.3) is 10.1 Å². The molecule has 0 aliphatic carbocycles. The number of hydrogen-bond acceptors (Lipinski definition) is 3. The van der Waals surface area contributed by atoms with Crippen molar-refractivity contribution in [3.63, 3.8) is 0 Å². The lowest BCUT2D eigenvalue weighted by Crippen LogP contribution is -1.93. The maximum Gasteiger partial charge on any atom is 0.123 e. The number of benzene rings is 2. The van der Waals surface area contributed by atoms with Crippen LogP contribution in [0.5, 0.6) is 11.5 Å². The third-order valence-corrected chi connectivity index (χ3v) is 4.35. The summed E-state index contributed by atoms with van der Waals surface area (Å²) >= 11 is 7.76. The van der Waals surface area contributed by atoms with Gasteiger partial charge in [0, 0.05) is 17.0 Å². The number of ether oxygens (including phenoxy) is 1. The fourth-order valence-corrected chi connectivity index (χ4v) is 3.19. The van der Waals surface area contributed by atoms with E-state index in [1.165, 1.54) is 0 Å². The highest BCUT2D eigenvalue weighted by Gasteiger charge is 2.07. The SMILES string of the molecule is Oc1cccc(OCc2csc3c(Cl)cccc23)c1. The molecule has 0 saturated carbocycles. The maximum absolute atomic E-state index is 9.38. The molecule has 3 rings (SSSR count). The predicted molar refractivity (Wildman–Crippen MR) is 79.3 cm³/mol. The number of rotatable bonds is 3. The van der Waals surface area contributed by atoms with Gasteiger partial charge in [-0.1, -0.05) is 29.8 Å². The molecule has 4 heteroatoms. The molecule has 0 atom stereocenters. The first-order valence-electron chi connectivity index (χ1n) is 5.80. The van der Waals surface area contributed by atoms with Gasteiger partial charge in [0.25, 0.3) is 0 Å². The van der Waals surface area contributed by atoms with Gasteiger partial charge < -0.3 is 9.84 Å². The quantitative estimate of drug-likeness (QED) is 0.748. The Labute approximate surface area is 119 Å². The summed E-state index contributed by atoms with van der Waals surface area (Å²) in [6.45, 7) is 0.462. The summed E-state index contributed by atoms with van der Waals surface area (Å²) in [6, 6.07) is 12.7. The van der Waals surface area contributed by atoms with Crippen molar-refractivity contribution in [3.05, 3.63) is 58.4 Å². The van der Waals surface area contributed by atoms with Gasteiger partial charge >= 0.3 is 0 Å². The van der Waals surface area contributed by atoms with Crippen LogP contribution in [0.1, 0.15) is 5.56 Å². The van der Waals surface area contributed by atoms with Crippen LogP contribution in [0, 0.1) is 0 Å². The minimum atomic E-state index is 0.204. The fraction of sp³-hybridized carbons (Fsp3) is 0.0667. The Morgan fingerprint density at radius 3 is 2.84 bits per heavy atom. The Bertz CT molecular complexity index is 721. The first kappa shape index (κ1) is 12.3. The Balaban J connectivity index is 1.84. The molecule has 2 aromatic carbocycles. The molecular formula is C15H11ClO2S. The summed E-state index contributed by atoms with van der Waals surface area (Å²) < 4.78 is 6.76. The minimum absolute atomic E-state index is 0.204. The normalized spacial score (nSPS) is 10.8. The molecule has 1 N–H and O–H groups in total. The number of thiophene rings is 1. The average Bonchev–Trinajstić information content (AvgIpc) is 2.81. The molecule has 1 aromatic heterocycles. The molecule has 2 nitrogen and oxygen atoms in total. The van der Waals surface area contributed by atoms with E-state index in [2.05, 4.69) is 5.38 Å². The zero-order valence-electron chi connectivity index (χ0n) is 9.97. The molecule has 0 amide bonds. The smallest absolute Gasteiger partial charge is 0.123 e. The number of aromatic hydroxyl groups is 1. The summed E-state index contributed by atoms with van der Waals surface area (Å²) in [5, 5.41) is 13.3. The Kier molecular flexibility index (Phi) is 3.32. The lowest BCUT2D eigenvalue weighted by molar-refractivity contribution is 0.306. The number of phenols is 1. The third kappa shape index (κ3) is 2.53. The third-order valence-electron chi connectivity index (χ3n) is 2.84. The van der Waals surface area contributed by atoms with Gasteiger partial charge in [0.2, 0.25) is 0 Å². The minimum Gasteiger partial charge on any atom is -0.508 e. The summed E-state index contributed by atoms with van der Waals surface area (Å²) in [7, 11) is 0. The van der Waals surface area contributed by atoms with E-state index < -0.39 is 0 Å². The molecule has 0 aliphatic rings. The lowest BCUT2D eigenvalue weighted by Gasteiger charge is -2.05. The molecule has 96 valence electrons. The number of fused-ring (bicyclic) bond motifs is 1. The van der Waals surface area contributed by atoms with Gasteiger partial charge in [-0.25, -0.2) is 0 Å². The molecule has 1 heterocycles. The molecule has 0 unspecified atom stereocenters. The van der Waals surface area contributed by atoms with Gasteiger partial charge in [-0.3, -0.25) is 0 Å². The van der Waals surface area contributed by atoms with E-state index in [0.29, 0.717) is 12.4 Å². The molecule has 3 aromatic rings. The van der Waals surface area contributed by atoms with Crippen LogP contribution in [0.4, 0.5) is 0 Å². The van der Waals surface area contributed by atoms with Gasteiger partial charge in [0.05, 0.1) is 9.72 Å². The Morgan fingerprint density at radius 1 is 1.16 bits per heavy atom. The molecule has 0 bridgehead atoms. The Hall–Kier alpha value is -1.71. The van der Waals surface area contributed by atoms with Crippen molar-refractivity contribution < 1.29 is 9.84 Å². The Morgan fingerprint density at radius 2 is 2.00 bits per heavy atom. The number of hydrogen-bond donors (Lipinski definition) is 1. The highest BCUT2D eigenvalue weighted by atomic mass is 35.5. The van der Waals surface area contributed by atoms with Crippen molar-refractivity contribution in [2.75, 3.05) is 0 Å². The number of phenolic OH excluding ortho intramolecular Hbond substituents is 1. The van der Waals surface area contributed by atoms with Gasteiger partial charge in [-0.05, 0) is 23.6 Å². The molecule has 0 aliphatic heterocycles. The van der Waals surface area contributed by atoms with Gasteiger partial charge in [-0.2, -0.15) is 0 Å². The van der Waals surface area contributed by atoms with Crippen LogP contribution in [0.2, 0.25) is 5.02 Å². The van der Waals surface area contributed by atoms with Crippen molar-refractivity contribution in [2.24, 2.45) is 0 Å². The summed E-state index contributed by atoms with van der Waals surface area (Å²) in [6.07, 6.45) is 0. The molecule has 0 radical (unpaired) electrons. The zero-order chi connectivity index (χ0) is 13.2. The first-order valence-corrected chi connectivity index (χ1v) is 7.06. The van der Waals surface area contributed by atoms with E-state index in [-0.39, 0.29) is 5.75 Å². The van der Waals surface area contributed by atoms with Gasteiger partial charge in [-0.15, -0.1) is 11.3 Å². The maximum atomic E-state index is 9.38. The van der Waals surface area contributed by atoms with E-state index >= 15 is 0 Å². The molecule has 0 saturated heterocycles. The average molecular weight is 291 g/mol. The monoisotopic (exact) mass is 290 g/mol. The molecule has 0 fully saturated rings. The van der Waals surface area contributed by atoms with Crippen molar-refractivity contribution >= 4 is 33.0 Å². The summed E-state index contributed by atoms with van der Waals surface area (Å²) in [4.78, 5) is 0. The van der Waals surface area contributed by atoms with Crippen molar-refractivity contribution in [1.82, 2.24) is 0 Å². The van der Waals surface area contributed by atoms with E-state index in [4.69, 9.17) is 16.3 Å². The van der Waals surface area contributed by atoms with E-state index in [1.807, 2.05) is 24.3 Å². The summed E-state index contributed by atoms with van der Waals surface area (Å²) in [5.74, 6) is 0.858. The second-order valence-corrected chi connectivity index (χ2v) is 5.45. The zero-order valence-corrected chi connectivity index (χ0v) is 11.5. The van der Waals surface area contributed by atoms with E-state index in [9.17, 15) is 5.11 Å². The highest BCUT2D eigenvalue weighted by molar-refractivity contribution is 7.18. The molecule has 19 heavy (non-hydrogen) atoms. The van der Waals surface area contributed by atoms with E-state index in [0.717, 1.165) is 20.7 Å². The topological polar surface area (TPSA) is 29.5 Å². The van der Waals surface area contributed by atoms with Crippen LogP contribution in [-0.4, -0.2) is 5.11 Å². The largest absolute Gasteiger partial charge is 0.508 e. The first-order chi connectivity index (χ1) is 9.24. The standard InChI is InChI=1S/C15H11ClO2S/c16-14-6-2-5-13-10(9-19-15(13)14)8-18-12-4-1-3-11(17)7-12/h1-7,9,17H,8H2. The number of halogens is 1. The lowest BCUT2D eigenvalue weighted by atomic mass is 10.2. The van der Waals surface area contributed by atoms with Crippen LogP contribution in [-0.2, 0) is 6.61 Å². The van der Waals surface area contributed by atoms with Gasteiger partial charge in [0.1, 0.15) is 18.1 Å². The highest BCUT2D eigenvalue weighted by Crippen LogP contribution is 2.32. The van der Waals surface area contributed by atoms with Crippen LogP contribution >= 0.6 is 22.9 Å².